The Hall–Kier alpha value is -2.09. The minimum atomic E-state index is -3.66. The third-order valence-electron chi connectivity index (χ3n) is 6.57. The van der Waals surface area contributed by atoms with Crippen molar-refractivity contribution < 1.29 is 17.9 Å². The van der Waals surface area contributed by atoms with E-state index in [1.807, 2.05) is 23.1 Å². The van der Waals surface area contributed by atoms with E-state index in [-0.39, 0.29) is 30.9 Å². The largest absolute Gasteiger partial charge is 0.490 e. The lowest BCUT2D eigenvalue weighted by Gasteiger charge is -2.39. The van der Waals surface area contributed by atoms with Crippen molar-refractivity contribution in [2.45, 2.75) is 50.0 Å². The zero-order valence-electron chi connectivity index (χ0n) is 19.0. The highest BCUT2D eigenvalue weighted by Gasteiger charge is 2.39. The van der Waals surface area contributed by atoms with Crippen molar-refractivity contribution in [2.75, 3.05) is 26.2 Å². The van der Waals surface area contributed by atoms with Crippen LogP contribution in [0.25, 0.3) is 0 Å². The van der Waals surface area contributed by atoms with E-state index in [1.165, 1.54) is 4.31 Å². The fourth-order valence-corrected chi connectivity index (χ4v) is 6.66. The molecular formula is C25H31ClN2O4S. The predicted molar refractivity (Wildman–Crippen MR) is 129 cm³/mol. The maximum atomic E-state index is 13.4. The second-order valence-corrected chi connectivity index (χ2v) is 11.3. The molecule has 2 heterocycles. The Kier molecular flexibility index (Phi) is 7.62. The summed E-state index contributed by atoms with van der Waals surface area (Å²) in [5.41, 5.74) is 0.718. The van der Waals surface area contributed by atoms with Gasteiger partial charge in [-0.05, 0) is 62.4 Å². The average Bonchev–Trinajstić information content (AvgIpc) is 2.81. The number of likely N-dealkylation sites (tertiary alicyclic amines) is 1. The van der Waals surface area contributed by atoms with Gasteiger partial charge in [0.25, 0.3) is 0 Å². The third kappa shape index (κ3) is 5.70. The van der Waals surface area contributed by atoms with Crippen molar-refractivity contribution in [2.24, 2.45) is 5.92 Å². The van der Waals surface area contributed by atoms with Crippen LogP contribution in [0.3, 0.4) is 0 Å². The molecule has 33 heavy (non-hydrogen) atoms. The topological polar surface area (TPSA) is 66.9 Å². The van der Waals surface area contributed by atoms with Gasteiger partial charge in [0.1, 0.15) is 11.9 Å². The van der Waals surface area contributed by atoms with Gasteiger partial charge < -0.3 is 9.64 Å². The van der Waals surface area contributed by atoms with Crippen LogP contribution in [0.15, 0.2) is 53.4 Å². The molecule has 2 aliphatic heterocycles. The number of carbonyl (C=O) groups is 1. The summed E-state index contributed by atoms with van der Waals surface area (Å²) in [6, 6.07) is 14.2. The van der Waals surface area contributed by atoms with Gasteiger partial charge in [-0.3, -0.25) is 4.79 Å². The number of amides is 1. The Morgan fingerprint density at radius 3 is 2.55 bits per heavy atom. The van der Waals surface area contributed by atoms with E-state index < -0.39 is 10.0 Å². The van der Waals surface area contributed by atoms with Gasteiger partial charge in [0.15, 0.2) is 0 Å². The van der Waals surface area contributed by atoms with Gasteiger partial charge in [0.2, 0.25) is 15.9 Å². The SMILES string of the molecule is Cc1ccccc1S(=O)(=O)N1CC[C@H](Oc2cccc(Cl)c2)[C@@H](CC(=O)N2CCCCC2)C1. The summed E-state index contributed by atoms with van der Waals surface area (Å²) in [7, 11) is -3.66. The normalized spacial score (nSPS) is 22.2. The Morgan fingerprint density at radius 2 is 1.82 bits per heavy atom. The minimum absolute atomic E-state index is 0.0783. The van der Waals surface area contributed by atoms with E-state index in [0.29, 0.717) is 28.6 Å². The van der Waals surface area contributed by atoms with Crippen molar-refractivity contribution in [3.05, 3.63) is 59.1 Å². The van der Waals surface area contributed by atoms with E-state index in [4.69, 9.17) is 16.3 Å². The van der Waals surface area contributed by atoms with Crippen molar-refractivity contribution >= 4 is 27.5 Å². The lowest BCUT2D eigenvalue weighted by Crippen LogP contribution is -2.49. The quantitative estimate of drug-likeness (QED) is 0.597. The zero-order chi connectivity index (χ0) is 23.4. The van der Waals surface area contributed by atoms with Gasteiger partial charge in [0.05, 0.1) is 4.90 Å². The summed E-state index contributed by atoms with van der Waals surface area (Å²) in [4.78, 5) is 15.3. The number of benzene rings is 2. The maximum absolute atomic E-state index is 13.4. The number of hydrogen-bond acceptors (Lipinski definition) is 4. The first-order valence-electron chi connectivity index (χ1n) is 11.6. The maximum Gasteiger partial charge on any atom is 0.243 e. The zero-order valence-corrected chi connectivity index (χ0v) is 20.5. The van der Waals surface area contributed by atoms with E-state index in [0.717, 1.165) is 37.9 Å². The molecule has 2 atom stereocenters. The second-order valence-electron chi connectivity index (χ2n) is 8.94. The molecule has 0 radical (unpaired) electrons. The molecule has 2 aliphatic rings. The fraction of sp³-hybridized carbons (Fsp3) is 0.480. The standard InChI is InChI=1S/C25H31ClN2O4S/c1-19-8-3-4-11-24(19)33(30,31)28-15-12-23(32-22-10-7-9-21(26)17-22)20(18-28)16-25(29)27-13-5-2-6-14-27/h3-4,7-11,17,20,23H,2,5-6,12-16,18H2,1H3/t20-,23-/m0/s1. The number of carbonyl (C=O) groups excluding carboxylic acids is 1. The first kappa shape index (κ1) is 24.0. The molecule has 6 nitrogen and oxygen atoms in total. The molecule has 2 fully saturated rings. The number of rotatable bonds is 6. The first-order chi connectivity index (χ1) is 15.8. The second kappa shape index (κ2) is 10.5. The fourth-order valence-electron chi connectivity index (χ4n) is 4.74. The van der Waals surface area contributed by atoms with Crippen LogP contribution >= 0.6 is 11.6 Å². The number of ether oxygens (including phenoxy) is 1. The molecule has 2 aromatic rings. The number of piperidine rings is 2. The molecule has 2 aromatic carbocycles. The molecule has 4 rings (SSSR count). The first-order valence-corrected chi connectivity index (χ1v) is 13.4. The molecule has 0 spiro atoms. The summed E-state index contributed by atoms with van der Waals surface area (Å²) >= 11 is 6.12. The number of aryl methyl sites for hydroxylation is 1. The Labute approximate surface area is 201 Å². The summed E-state index contributed by atoms with van der Waals surface area (Å²) in [6.45, 7) is 3.95. The molecular weight excluding hydrogens is 460 g/mol. The number of hydrogen-bond donors (Lipinski definition) is 0. The van der Waals surface area contributed by atoms with Gasteiger partial charge in [-0.1, -0.05) is 35.9 Å². The smallest absolute Gasteiger partial charge is 0.243 e. The van der Waals surface area contributed by atoms with Crippen molar-refractivity contribution in [3.63, 3.8) is 0 Å². The van der Waals surface area contributed by atoms with Gasteiger partial charge in [0, 0.05) is 43.5 Å². The summed E-state index contributed by atoms with van der Waals surface area (Å²) in [6.07, 6.45) is 3.70. The van der Waals surface area contributed by atoms with Crippen LogP contribution in [-0.2, 0) is 14.8 Å². The Balaban J connectivity index is 1.55. The van der Waals surface area contributed by atoms with E-state index in [1.54, 1.807) is 37.3 Å². The molecule has 0 aromatic heterocycles. The lowest BCUT2D eigenvalue weighted by atomic mass is 9.91. The van der Waals surface area contributed by atoms with Crippen LogP contribution in [0.5, 0.6) is 5.75 Å². The molecule has 0 aliphatic carbocycles. The Morgan fingerprint density at radius 1 is 1.06 bits per heavy atom. The van der Waals surface area contributed by atoms with Crippen LogP contribution in [-0.4, -0.2) is 55.8 Å². The van der Waals surface area contributed by atoms with Crippen molar-refractivity contribution in [1.29, 1.82) is 0 Å². The average molecular weight is 491 g/mol. The summed E-state index contributed by atoms with van der Waals surface area (Å²) < 4.78 is 34.6. The molecule has 1 amide bonds. The minimum Gasteiger partial charge on any atom is -0.490 e. The number of halogens is 1. The van der Waals surface area contributed by atoms with E-state index in [2.05, 4.69) is 0 Å². The molecule has 2 saturated heterocycles. The lowest BCUT2D eigenvalue weighted by molar-refractivity contribution is -0.134. The molecule has 0 bridgehead atoms. The van der Waals surface area contributed by atoms with E-state index in [9.17, 15) is 13.2 Å². The third-order valence-corrected chi connectivity index (χ3v) is 8.83. The van der Waals surface area contributed by atoms with Crippen LogP contribution < -0.4 is 4.74 Å². The monoisotopic (exact) mass is 490 g/mol. The number of nitrogens with zero attached hydrogens (tertiary/aromatic N) is 2. The van der Waals surface area contributed by atoms with Crippen molar-refractivity contribution in [3.8, 4) is 5.75 Å². The van der Waals surface area contributed by atoms with E-state index >= 15 is 0 Å². The number of sulfonamides is 1. The molecule has 0 N–H and O–H groups in total. The highest BCUT2D eigenvalue weighted by Crippen LogP contribution is 2.31. The highest BCUT2D eigenvalue weighted by molar-refractivity contribution is 7.89. The Bertz CT molecular complexity index is 1090. The van der Waals surface area contributed by atoms with Gasteiger partial charge >= 0.3 is 0 Å². The van der Waals surface area contributed by atoms with Gasteiger partial charge in [-0.2, -0.15) is 4.31 Å². The molecule has 0 unspecified atom stereocenters. The summed E-state index contributed by atoms with van der Waals surface area (Å²) in [5, 5.41) is 0.577. The van der Waals surface area contributed by atoms with Crippen LogP contribution in [0, 0.1) is 12.8 Å². The summed E-state index contributed by atoms with van der Waals surface area (Å²) in [5.74, 6) is 0.471. The van der Waals surface area contributed by atoms with Crippen LogP contribution in [0.2, 0.25) is 5.02 Å². The molecule has 178 valence electrons. The van der Waals surface area contributed by atoms with Crippen LogP contribution in [0.1, 0.15) is 37.7 Å². The van der Waals surface area contributed by atoms with Crippen LogP contribution in [0.4, 0.5) is 0 Å². The van der Waals surface area contributed by atoms with Gasteiger partial charge in [-0.25, -0.2) is 8.42 Å². The van der Waals surface area contributed by atoms with Crippen molar-refractivity contribution in [1.82, 2.24) is 9.21 Å². The molecule has 0 saturated carbocycles. The molecule has 8 heteroatoms. The highest BCUT2D eigenvalue weighted by atomic mass is 35.5. The predicted octanol–water partition coefficient (Wildman–Crippen LogP) is 4.51. The van der Waals surface area contributed by atoms with Gasteiger partial charge in [-0.15, -0.1) is 0 Å².